The Bertz CT molecular complexity index is 770. The number of fused-ring (bicyclic) bond motifs is 1. The number of benzene rings is 1. The molecular formula is C13H11Cl2FN4O. The number of aryl methyl sites for hydroxylation is 2. The highest BCUT2D eigenvalue weighted by molar-refractivity contribution is 6.31. The molecule has 0 radical (unpaired) electrons. The van der Waals surface area contributed by atoms with Gasteiger partial charge in [-0.2, -0.15) is 4.98 Å². The molecule has 0 saturated heterocycles. The number of nitrogens with zero attached hydrogens (tertiary/aromatic N) is 4. The van der Waals surface area contributed by atoms with Crippen LogP contribution in [0.3, 0.4) is 0 Å². The van der Waals surface area contributed by atoms with E-state index in [1.54, 1.807) is 0 Å². The third-order valence-electron chi connectivity index (χ3n) is 3.13. The van der Waals surface area contributed by atoms with Crippen LogP contribution in [0.15, 0.2) is 23.0 Å². The molecule has 0 fully saturated rings. The summed E-state index contributed by atoms with van der Waals surface area (Å²) in [5, 5.41) is 3.28. The molecule has 1 atom stereocenters. The summed E-state index contributed by atoms with van der Waals surface area (Å²) in [6.07, 6.45) is 1.85. The van der Waals surface area contributed by atoms with E-state index in [-0.39, 0.29) is 10.4 Å². The quantitative estimate of drug-likeness (QED) is 0.684. The zero-order valence-corrected chi connectivity index (χ0v) is 12.6. The molecule has 110 valence electrons. The number of alkyl halides is 1. The molecule has 0 aliphatic carbocycles. The van der Waals surface area contributed by atoms with Gasteiger partial charge >= 0.3 is 0 Å². The van der Waals surface area contributed by atoms with E-state index in [2.05, 4.69) is 15.1 Å². The highest BCUT2D eigenvalue weighted by Gasteiger charge is 2.17. The smallest absolute Gasteiger partial charge is 0.228 e. The second-order valence-corrected chi connectivity index (χ2v) is 5.64. The van der Waals surface area contributed by atoms with Gasteiger partial charge in [-0.3, -0.25) is 0 Å². The van der Waals surface area contributed by atoms with Crippen LogP contribution in [0.4, 0.5) is 4.39 Å². The highest BCUT2D eigenvalue weighted by Crippen LogP contribution is 2.28. The molecule has 5 nitrogen and oxygen atoms in total. The summed E-state index contributed by atoms with van der Waals surface area (Å²) in [5.74, 6) is 0.657. The molecular weight excluding hydrogens is 318 g/mol. The van der Waals surface area contributed by atoms with Crippen LogP contribution in [0.1, 0.15) is 24.0 Å². The summed E-state index contributed by atoms with van der Waals surface area (Å²) in [6.45, 7) is 2.32. The number of hydrogen-bond donors (Lipinski definition) is 0. The van der Waals surface area contributed by atoms with Crippen LogP contribution < -0.4 is 0 Å². The fourth-order valence-electron chi connectivity index (χ4n) is 2.19. The van der Waals surface area contributed by atoms with E-state index in [1.165, 1.54) is 18.5 Å². The van der Waals surface area contributed by atoms with E-state index in [9.17, 15) is 4.39 Å². The fourth-order valence-corrected chi connectivity index (χ4v) is 2.52. The standard InChI is InChI=1S/C13H11Cl2FN4O/c1-7(14)13-19-10-4-8(15)9(16)5-11(10)20(13)3-2-12-17-6-18-21-12/h4-7H,2-3H2,1H3. The molecule has 3 rings (SSSR count). The molecule has 0 amide bonds. The van der Waals surface area contributed by atoms with Crippen LogP contribution in [0, 0.1) is 5.82 Å². The van der Waals surface area contributed by atoms with Gasteiger partial charge in [-0.15, -0.1) is 11.6 Å². The van der Waals surface area contributed by atoms with Gasteiger partial charge < -0.3 is 9.09 Å². The van der Waals surface area contributed by atoms with E-state index >= 15 is 0 Å². The first-order valence-electron chi connectivity index (χ1n) is 6.31. The van der Waals surface area contributed by atoms with Crippen molar-refractivity contribution in [1.29, 1.82) is 0 Å². The molecule has 0 saturated carbocycles. The Morgan fingerprint density at radius 3 is 2.90 bits per heavy atom. The maximum absolute atomic E-state index is 13.7. The lowest BCUT2D eigenvalue weighted by molar-refractivity contribution is 0.370. The van der Waals surface area contributed by atoms with Crippen molar-refractivity contribution >= 4 is 34.2 Å². The van der Waals surface area contributed by atoms with Crippen molar-refractivity contribution in [3.63, 3.8) is 0 Å². The molecule has 2 aromatic heterocycles. The minimum absolute atomic E-state index is 0.0397. The lowest BCUT2D eigenvalue weighted by Crippen LogP contribution is -2.07. The second-order valence-electron chi connectivity index (χ2n) is 4.58. The summed E-state index contributed by atoms with van der Waals surface area (Å²) in [6, 6.07) is 2.86. The Morgan fingerprint density at radius 1 is 1.43 bits per heavy atom. The van der Waals surface area contributed by atoms with Crippen molar-refractivity contribution in [3.05, 3.63) is 41.0 Å². The molecule has 0 N–H and O–H groups in total. The molecule has 8 heteroatoms. The van der Waals surface area contributed by atoms with Crippen molar-refractivity contribution < 1.29 is 8.91 Å². The minimum atomic E-state index is -0.489. The molecule has 0 aliphatic heterocycles. The maximum atomic E-state index is 13.7. The van der Waals surface area contributed by atoms with Crippen molar-refractivity contribution in [2.75, 3.05) is 0 Å². The van der Waals surface area contributed by atoms with Gasteiger partial charge in [0.15, 0.2) is 6.33 Å². The second kappa shape index (κ2) is 5.61. The van der Waals surface area contributed by atoms with Crippen molar-refractivity contribution in [1.82, 2.24) is 19.7 Å². The van der Waals surface area contributed by atoms with E-state index in [1.807, 2.05) is 11.5 Å². The first-order chi connectivity index (χ1) is 10.1. The van der Waals surface area contributed by atoms with Crippen LogP contribution in [-0.2, 0) is 13.0 Å². The number of hydrogen-bond acceptors (Lipinski definition) is 4. The van der Waals surface area contributed by atoms with E-state index in [0.29, 0.717) is 35.7 Å². The molecule has 0 aliphatic rings. The summed E-state index contributed by atoms with van der Waals surface area (Å²) in [7, 11) is 0. The van der Waals surface area contributed by atoms with Gasteiger partial charge in [0.25, 0.3) is 0 Å². The van der Waals surface area contributed by atoms with Gasteiger partial charge in [0.1, 0.15) is 11.6 Å². The van der Waals surface area contributed by atoms with Crippen LogP contribution in [0.25, 0.3) is 11.0 Å². The van der Waals surface area contributed by atoms with E-state index in [0.717, 1.165) is 0 Å². The van der Waals surface area contributed by atoms with Gasteiger partial charge in [0.05, 0.1) is 21.4 Å². The Hall–Kier alpha value is -1.66. The lowest BCUT2D eigenvalue weighted by atomic mass is 10.3. The largest absolute Gasteiger partial charge is 0.340 e. The maximum Gasteiger partial charge on any atom is 0.228 e. The molecule has 3 aromatic rings. The van der Waals surface area contributed by atoms with E-state index in [4.69, 9.17) is 27.7 Å². The molecule has 1 aromatic carbocycles. The summed E-state index contributed by atoms with van der Waals surface area (Å²) >= 11 is 12.0. The summed E-state index contributed by atoms with van der Waals surface area (Å²) in [5.41, 5.74) is 1.24. The summed E-state index contributed by atoms with van der Waals surface area (Å²) in [4.78, 5) is 8.39. The number of halogens is 3. The topological polar surface area (TPSA) is 56.7 Å². The normalized spacial score (nSPS) is 13.0. The van der Waals surface area contributed by atoms with Gasteiger partial charge in [-0.1, -0.05) is 16.8 Å². The van der Waals surface area contributed by atoms with Crippen LogP contribution in [0.5, 0.6) is 0 Å². The molecule has 2 heterocycles. The number of rotatable bonds is 4. The molecule has 0 spiro atoms. The average molecular weight is 329 g/mol. The Kier molecular flexibility index (Phi) is 3.82. The predicted octanol–water partition coefficient (Wildman–Crippen LogP) is 3.75. The van der Waals surface area contributed by atoms with Gasteiger partial charge in [-0.05, 0) is 13.0 Å². The minimum Gasteiger partial charge on any atom is -0.340 e. The zero-order chi connectivity index (χ0) is 15.0. The van der Waals surface area contributed by atoms with Crippen molar-refractivity contribution in [3.8, 4) is 0 Å². The van der Waals surface area contributed by atoms with Crippen molar-refractivity contribution in [2.45, 2.75) is 25.3 Å². The zero-order valence-electron chi connectivity index (χ0n) is 11.1. The van der Waals surface area contributed by atoms with Crippen LogP contribution >= 0.6 is 23.2 Å². The monoisotopic (exact) mass is 328 g/mol. The number of aromatic nitrogens is 4. The van der Waals surface area contributed by atoms with Gasteiger partial charge in [-0.25, -0.2) is 9.37 Å². The van der Waals surface area contributed by atoms with Crippen LogP contribution in [-0.4, -0.2) is 19.7 Å². The summed E-state index contributed by atoms with van der Waals surface area (Å²) < 4.78 is 20.5. The van der Waals surface area contributed by atoms with Crippen molar-refractivity contribution in [2.24, 2.45) is 0 Å². The third-order valence-corrected chi connectivity index (χ3v) is 3.62. The van der Waals surface area contributed by atoms with E-state index < -0.39 is 5.82 Å². The van der Waals surface area contributed by atoms with Gasteiger partial charge in [0.2, 0.25) is 5.89 Å². The first kappa shape index (κ1) is 14.3. The Labute approximate surface area is 129 Å². The SMILES string of the molecule is CC(Cl)c1nc2cc(Cl)c(F)cc2n1CCc1ncno1. The van der Waals surface area contributed by atoms with Gasteiger partial charge in [0, 0.05) is 19.0 Å². The Balaban J connectivity index is 2.04. The number of imidazole rings is 1. The Morgan fingerprint density at radius 2 is 2.24 bits per heavy atom. The average Bonchev–Trinajstić information content (AvgIpc) is 3.05. The lowest BCUT2D eigenvalue weighted by Gasteiger charge is -2.09. The highest BCUT2D eigenvalue weighted by atomic mass is 35.5. The predicted molar refractivity (Wildman–Crippen MR) is 77.0 cm³/mol. The molecule has 21 heavy (non-hydrogen) atoms. The van der Waals surface area contributed by atoms with Crippen LogP contribution in [0.2, 0.25) is 5.02 Å². The first-order valence-corrected chi connectivity index (χ1v) is 7.12. The molecule has 1 unspecified atom stereocenters. The third kappa shape index (κ3) is 2.73. The molecule has 0 bridgehead atoms. The fraction of sp³-hybridized carbons (Fsp3) is 0.308.